The highest BCUT2D eigenvalue weighted by Gasteiger charge is 2.30. The molecule has 0 fully saturated rings. The molecular weight excluding hydrogens is 412 g/mol. The maximum atomic E-state index is 11.9. The van der Waals surface area contributed by atoms with E-state index in [2.05, 4.69) is 43.9 Å². The molecule has 2 aliphatic heterocycles. The van der Waals surface area contributed by atoms with Crippen molar-refractivity contribution in [2.45, 2.75) is 39.3 Å². The molecule has 2 aliphatic rings. The minimum atomic E-state index is -3.18. The number of rotatable bonds is 3. The summed E-state index contributed by atoms with van der Waals surface area (Å²) in [6, 6.07) is 4.51. The number of H-pyrrole nitrogens is 1. The normalized spacial score (nSPS) is 20.0. The van der Waals surface area contributed by atoms with Crippen LogP contribution < -0.4 is 4.90 Å². The van der Waals surface area contributed by atoms with Crippen LogP contribution in [-0.4, -0.2) is 58.0 Å². The maximum Gasteiger partial charge on any atom is 0.211 e. The number of fused-ring (bicyclic) bond motifs is 2. The molecule has 0 radical (unpaired) electrons. The molecular formula is C22H26N6O2S. The molecule has 31 heavy (non-hydrogen) atoms. The average Bonchev–Trinajstić information content (AvgIpc) is 3.20. The SMILES string of the molecule is Cc1cc(N2Cc3c(ncnc3C3=CCN(S(C)(=O)=O)CC3)C[C@H]2C)c2cc[nH]c2n1. The second-order valence-electron chi connectivity index (χ2n) is 8.45. The van der Waals surface area contributed by atoms with Crippen LogP contribution in [0.3, 0.4) is 0 Å². The van der Waals surface area contributed by atoms with Crippen LogP contribution in [0.4, 0.5) is 5.69 Å². The van der Waals surface area contributed by atoms with Gasteiger partial charge in [0.2, 0.25) is 10.0 Å². The molecule has 5 rings (SSSR count). The van der Waals surface area contributed by atoms with E-state index in [4.69, 9.17) is 0 Å². The Hall–Kier alpha value is -2.78. The van der Waals surface area contributed by atoms with E-state index in [0.29, 0.717) is 26.1 Å². The molecule has 0 bridgehead atoms. The number of aromatic nitrogens is 4. The van der Waals surface area contributed by atoms with Crippen molar-refractivity contribution in [3.05, 3.63) is 53.4 Å². The molecule has 0 saturated heterocycles. The highest BCUT2D eigenvalue weighted by atomic mass is 32.2. The fourth-order valence-corrected chi connectivity index (χ4v) is 5.42. The molecule has 8 nitrogen and oxygen atoms in total. The van der Waals surface area contributed by atoms with Crippen LogP contribution in [0.15, 0.2) is 30.7 Å². The van der Waals surface area contributed by atoms with Crippen molar-refractivity contribution in [2.24, 2.45) is 0 Å². The van der Waals surface area contributed by atoms with Gasteiger partial charge < -0.3 is 9.88 Å². The zero-order valence-electron chi connectivity index (χ0n) is 18.0. The zero-order valence-corrected chi connectivity index (χ0v) is 18.8. The van der Waals surface area contributed by atoms with Gasteiger partial charge in [-0.1, -0.05) is 6.08 Å². The maximum absolute atomic E-state index is 11.9. The Bertz CT molecular complexity index is 1300. The molecule has 0 aliphatic carbocycles. The average molecular weight is 439 g/mol. The van der Waals surface area contributed by atoms with E-state index in [0.717, 1.165) is 51.4 Å². The summed E-state index contributed by atoms with van der Waals surface area (Å²) in [6.45, 7) is 5.82. The first-order valence-corrected chi connectivity index (χ1v) is 12.3. The summed E-state index contributed by atoms with van der Waals surface area (Å²) in [7, 11) is -3.18. The Morgan fingerprint density at radius 3 is 2.84 bits per heavy atom. The van der Waals surface area contributed by atoms with E-state index >= 15 is 0 Å². The first-order chi connectivity index (χ1) is 14.8. The van der Waals surface area contributed by atoms with Gasteiger partial charge in [-0.15, -0.1) is 0 Å². The number of hydrogen-bond donors (Lipinski definition) is 1. The number of anilines is 1. The van der Waals surface area contributed by atoms with Crippen molar-refractivity contribution in [3.63, 3.8) is 0 Å². The highest BCUT2D eigenvalue weighted by molar-refractivity contribution is 7.88. The standard InChI is InChI=1S/C22H26N6O2S/c1-14-10-20(17-4-7-23-22(17)26-14)28-12-18-19(11-15(28)2)24-13-25-21(18)16-5-8-27(9-6-16)31(3,29)30/h4-5,7,10,13,15H,6,8-9,11-12H2,1-3H3,(H,23,26)/t15-/m1/s1. The smallest absolute Gasteiger partial charge is 0.211 e. The molecule has 5 heterocycles. The molecule has 3 aromatic rings. The minimum absolute atomic E-state index is 0.288. The molecule has 1 N–H and O–H groups in total. The van der Waals surface area contributed by atoms with Crippen molar-refractivity contribution in [1.29, 1.82) is 0 Å². The first-order valence-electron chi connectivity index (χ1n) is 10.5. The van der Waals surface area contributed by atoms with E-state index in [1.54, 1.807) is 6.33 Å². The molecule has 3 aromatic heterocycles. The van der Waals surface area contributed by atoms with Gasteiger partial charge in [-0.25, -0.2) is 23.4 Å². The van der Waals surface area contributed by atoms with Gasteiger partial charge in [0, 0.05) is 54.9 Å². The topological polar surface area (TPSA) is 95.1 Å². The molecule has 0 spiro atoms. The molecule has 162 valence electrons. The van der Waals surface area contributed by atoms with Gasteiger partial charge >= 0.3 is 0 Å². The van der Waals surface area contributed by atoms with Crippen molar-refractivity contribution >= 4 is 32.3 Å². The van der Waals surface area contributed by atoms with E-state index < -0.39 is 10.0 Å². The monoisotopic (exact) mass is 438 g/mol. The second kappa shape index (κ2) is 7.42. The second-order valence-corrected chi connectivity index (χ2v) is 10.4. The van der Waals surface area contributed by atoms with Gasteiger partial charge in [0.05, 0.1) is 23.3 Å². The van der Waals surface area contributed by atoms with Crippen LogP contribution in [0.1, 0.15) is 36.0 Å². The molecule has 9 heteroatoms. The Morgan fingerprint density at radius 2 is 2.10 bits per heavy atom. The lowest BCUT2D eigenvalue weighted by atomic mass is 9.93. The largest absolute Gasteiger partial charge is 0.363 e. The number of sulfonamides is 1. The summed E-state index contributed by atoms with van der Waals surface area (Å²) in [4.78, 5) is 19.5. The third kappa shape index (κ3) is 3.61. The number of aromatic amines is 1. The van der Waals surface area contributed by atoms with Crippen molar-refractivity contribution < 1.29 is 8.42 Å². The third-order valence-corrected chi connectivity index (χ3v) is 7.54. The van der Waals surface area contributed by atoms with Gasteiger partial charge in [0.1, 0.15) is 12.0 Å². The summed E-state index contributed by atoms with van der Waals surface area (Å²) >= 11 is 0. The molecule has 0 unspecified atom stereocenters. The van der Waals surface area contributed by atoms with E-state index in [-0.39, 0.29) is 6.04 Å². The Balaban J connectivity index is 1.53. The van der Waals surface area contributed by atoms with Crippen LogP contribution in [0.25, 0.3) is 16.6 Å². The van der Waals surface area contributed by atoms with Crippen LogP contribution in [-0.2, 0) is 23.0 Å². The van der Waals surface area contributed by atoms with E-state index in [1.165, 1.54) is 10.6 Å². The summed E-state index contributed by atoms with van der Waals surface area (Å²) < 4.78 is 25.2. The van der Waals surface area contributed by atoms with Gasteiger partial charge in [0.15, 0.2) is 0 Å². The quantitative estimate of drug-likeness (QED) is 0.676. The van der Waals surface area contributed by atoms with Crippen molar-refractivity contribution in [2.75, 3.05) is 24.2 Å². The van der Waals surface area contributed by atoms with Gasteiger partial charge in [-0.2, -0.15) is 4.31 Å². The van der Waals surface area contributed by atoms with Crippen molar-refractivity contribution in [3.8, 4) is 0 Å². The van der Waals surface area contributed by atoms with Crippen LogP contribution in [0.2, 0.25) is 0 Å². The van der Waals surface area contributed by atoms with Crippen LogP contribution in [0, 0.1) is 6.92 Å². The predicted molar refractivity (Wildman–Crippen MR) is 121 cm³/mol. The molecule has 0 aromatic carbocycles. The number of hydrogen-bond acceptors (Lipinski definition) is 6. The van der Waals surface area contributed by atoms with Crippen molar-refractivity contribution in [1.82, 2.24) is 24.2 Å². The number of aryl methyl sites for hydroxylation is 1. The van der Waals surface area contributed by atoms with Gasteiger partial charge in [-0.3, -0.25) is 0 Å². The van der Waals surface area contributed by atoms with E-state index in [9.17, 15) is 8.42 Å². The lowest BCUT2D eigenvalue weighted by Gasteiger charge is -2.37. The molecule has 0 saturated carbocycles. The zero-order chi connectivity index (χ0) is 21.8. The number of nitrogens with one attached hydrogen (secondary N) is 1. The molecule has 0 amide bonds. The lowest BCUT2D eigenvalue weighted by Crippen LogP contribution is -2.40. The summed E-state index contributed by atoms with van der Waals surface area (Å²) in [5.41, 5.74) is 7.31. The minimum Gasteiger partial charge on any atom is -0.363 e. The number of nitrogens with zero attached hydrogens (tertiary/aromatic N) is 5. The highest BCUT2D eigenvalue weighted by Crippen LogP contribution is 2.35. The summed E-state index contributed by atoms with van der Waals surface area (Å²) in [6.07, 6.45) is 8.31. The van der Waals surface area contributed by atoms with Crippen LogP contribution in [0.5, 0.6) is 0 Å². The Morgan fingerprint density at radius 1 is 1.26 bits per heavy atom. The van der Waals surface area contributed by atoms with E-state index in [1.807, 2.05) is 19.2 Å². The van der Waals surface area contributed by atoms with Crippen LogP contribution >= 0.6 is 0 Å². The fraction of sp³-hybridized carbons (Fsp3) is 0.409. The Kier molecular flexibility index (Phi) is 4.82. The first kappa shape index (κ1) is 20.1. The predicted octanol–water partition coefficient (Wildman–Crippen LogP) is 2.66. The van der Waals surface area contributed by atoms with Gasteiger partial charge in [0.25, 0.3) is 0 Å². The summed E-state index contributed by atoms with van der Waals surface area (Å²) in [5, 5.41) is 1.11. The Labute approximate surface area is 182 Å². The van der Waals surface area contributed by atoms with Gasteiger partial charge in [-0.05, 0) is 38.0 Å². The molecule has 1 atom stereocenters. The third-order valence-electron chi connectivity index (χ3n) is 6.27. The number of pyridine rings is 1. The summed E-state index contributed by atoms with van der Waals surface area (Å²) in [5.74, 6) is 0. The lowest BCUT2D eigenvalue weighted by molar-refractivity contribution is 0.445. The fourth-order valence-electron chi connectivity index (χ4n) is 4.65.